The molecule has 0 aliphatic rings. The van der Waals surface area contributed by atoms with E-state index in [1.165, 1.54) is 30.6 Å². The summed E-state index contributed by atoms with van der Waals surface area (Å²) < 4.78 is 0. The maximum absolute atomic E-state index is 12.0. The van der Waals surface area contributed by atoms with E-state index in [1.807, 2.05) is 0 Å². The van der Waals surface area contributed by atoms with Gasteiger partial charge in [-0.3, -0.25) is 9.59 Å². The van der Waals surface area contributed by atoms with Crippen LogP contribution >= 0.6 is 0 Å². The lowest BCUT2D eigenvalue weighted by Crippen LogP contribution is -2.23. The Morgan fingerprint density at radius 1 is 1.35 bits per heavy atom. The maximum Gasteiger partial charge on any atom is 0.339 e. The molecule has 0 saturated carbocycles. The number of rotatable bonds is 3. The van der Waals surface area contributed by atoms with Crippen LogP contribution in [-0.4, -0.2) is 27.0 Å². The molecule has 0 unspecified atom stereocenters. The lowest BCUT2D eigenvalue weighted by atomic mass is 10.2. The van der Waals surface area contributed by atoms with Crippen LogP contribution in [-0.2, 0) is 0 Å². The Morgan fingerprint density at radius 3 is 2.75 bits per heavy atom. The van der Waals surface area contributed by atoms with Crippen LogP contribution in [0.1, 0.15) is 26.4 Å². The second kappa shape index (κ2) is 5.35. The minimum absolute atomic E-state index is 0.107. The number of carbonyl (C=O) groups is 2. The van der Waals surface area contributed by atoms with Crippen molar-refractivity contribution < 1.29 is 14.7 Å². The van der Waals surface area contributed by atoms with Gasteiger partial charge in [0.15, 0.2) is 5.43 Å². The van der Waals surface area contributed by atoms with E-state index < -0.39 is 17.3 Å². The number of carbonyl (C=O) groups excluding carboxylic acids is 1. The van der Waals surface area contributed by atoms with Crippen LogP contribution in [0.4, 0.5) is 5.82 Å². The number of hydrogen-bond acceptors (Lipinski definition) is 4. The molecule has 2 heterocycles. The first-order valence-electron chi connectivity index (χ1n) is 5.68. The van der Waals surface area contributed by atoms with E-state index in [1.54, 1.807) is 6.92 Å². The van der Waals surface area contributed by atoms with Gasteiger partial charge >= 0.3 is 5.97 Å². The number of H-pyrrole nitrogens is 1. The van der Waals surface area contributed by atoms with Gasteiger partial charge in [0.25, 0.3) is 5.91 Å². The minimum Gasteiger partial charge on any atom is -0.478 e. The standard InChI is InChI=1S/C13H11N3O4/c1-7-5-10(17)9(6-15-7)12(18)16-11-8(13(19)20)3-2-4-14-11/h2-6H,1H3,(H,15,17)(H,19,20)(H,14,16,18). The van der Waals surface area contributed by atoms with Crippen LogP contribution in [0.2, 0.25) is 0 Å². The predicted molar refractivity (Wildman–Crippen MR) is 70.9 cm³/mol. The molecule has 2 aromatic heterocycles. The number of nitrogens with zero attached hydrogens (tertiary/aromatic N) is 1. The molecule has 0 atom stereocenters. The molecule has 3 N–H and O–H groups in total. The molecule has 0 aromatic carbocycles. The number of aryl methyl sites for hydroxylation is 1. The molecule has 1 amide bonds. The summed E-state index contributed by atoms with van der Waals surface area (Å²) in [5.41, 5.74) is -0.0934. The second-order valence-electron chi connectivity index (χ2n) is 4.05. The first-order chi connectivity index (χ1) is 9.49. The van der Waals surface area contributed by atoms with Crippen LogP contribution in [0.15, 0.2) is 35.4 Å². The van der Waals surface area contributed by atoms with Crippen molar-refractivity contribution in [2.75, 3.05) is 5.32 Å². The van der Waals surface area contributed by atoms with Gasteiger partial charge in [0, 0.05) is 24.2 Å². The Hall–Kier alpha value is -2.96. The Morgan fingerprint density at radius 2 is 2.10 bits per heavy atom. The third kappa shape index (κ3) is 2.72. The summed E-state index contributed by atoms with van der Waals surface area (Å²) in [5, 5.41) is 11.3. The van der Waals surface area contributed by atoms with Crippen molar-refractivity contribution in [3.63, 3.8) is 0 Å². The summed E-state index contributed by atoms with van der Waals surface area (Å²) >= 11 is 0. The van der Waals surface area contributed by atoms with Crippen LogP contribution in [0.3, 0.4) is 0 Å². The first-order valence-corrected chi connectivity index (χ1v) is 5.68. The number of anilines is 1. The van der Waals surface area contributed by atoms with Crippen LogP contribution in [0, 0.1) is 6.92 Å². The zero-order valence-corrected chi connectivity index (χ0v) is 10.5. The quantitative estimate of drug-likeness (QED) is 0.773. The largest absolute Gasteiger partial charge is 0.478 e. The Balaban J connectivity index is 2.33. The van der Waals surface area contributed by atoms with Crippen molar-refractivity contribution in [2.24, 2.45) is 0 Å². The molecule has 0 aliphatic carbocycles. The van der Waals surface area contributed by atoms with Crippen molar-refractivity contribution in [1.29, 1.82) is 0 Å². The van der Waals surface area contributed by atoms with Crippen molar-refractivity contribution in [3.05, 3.63) is 57.6 Å². The van der Waals surface area contributed by atoms with E-state index in [0.717, 1.165) is 0 Å². The van der Waals surface area contributed by atoms with Gasteiger partial charge in [0.2, 0.25) is 0 Å². The van der Waals surface area contributed by atoms with Crippen LogP contribution in [0.5, 0.6) is 0 Å². The van der Waals surface area contributed by atoms with Gasteiger partial charge in [-0.05, 0) is 19.1 Å². The smallest absolute Gasteiger partial charge is 0.339 e. The molecular weight excluding hydrogens is 262 g/mol. The fraction of sp³-hybridized carbons (Fsp3) is 0.0769. The topological polar surface area (TPSA) is 112 Å². The number of aromatic carboxylic acids is 1. The first kappa shape index (κ1) is 13.5. The average molecular weight is 273 g/mol. The summed E-state index contributed by atoms with van der Waals surface area (Å²) in [4.78, 5) is 41.2. The molecule has 102 valence electrons. The summed E-state index contributed by atoms with van der Waals surface area (Å²) in [6.07, 6.45) is 2.62. The summed E-state index contributed by atoms with van der Waals surface area (Å²) in [5.74, 6) is -2.04. The summed E-state index contributed by atoms with van der Waals surface area (Å²) in [6, 6.07) is 4.04. The third-order valence-electron chi connectivity index (χ3n) is 2.57. The van der Waals surface area contributed by atoms with Gasteiger partial charge in [-0.15, -0.1) is 0 Å². The van der Waals surface area contributed by atoms with Gasteiger partial charge in [0.05, 0.1) is 0 Å². The van der Waals surface area contributed by atoms with Crippen LogP contribution < -0.4 is 10.7 Å². The zero-order chi connectivity index (χ0) is 14.7. The highest BCUT2D eigenvalue weighted by atomic mass is 16.4. The summed E-state index contributed by atoms with van der Waals surface area (Å²) in [7, 11) is 0. The number of amides is 1. The number of aromatic amines is 1. The SMILES string of the molecule is Cc1cc(=O)c(C(=O)Nc2ncccc2C(=O)O)c[nH]1. The van der Waals surface area contributed by atoms with Crippen LogP contribution in [0.25, 0.3) is 0 Å². The normalized spacial score (nSPS) is 10.1. The van der Waals surface area contributed by atoms with Crippen molar-refractivity contribution in [3.8, 4) is 0 Å². The number of pyridine rings is 2. The molecule has 7 nitrogen and oxygen atoms in total. The zero-order valence-electron chi connectivity index (χ0n) is 10.5. The minimum atomic E-state index is -1.22. The highest BCUT2D eigenvalue weighted by molar-refractivity contribution is 6.06. The Bertz CT molecular complexity index is 736. The number of carboxylic acids is 1. The maximum atomic E-state index is 12.0. The Labute approximate surface area is 113 Å². The van der Waals surface area contributed by atoms with E-state index in [-0.39, 0.29) is 16.9 Å². The Kier molecular flexibility index (Phi) is 3.60. The summed E-state index contributed by atoms with van der Waals surface area (Å²) in [6.45, 7) is 1.68. The lowest BCUT2D eigenvalue weighted by Gasteiger charge is -2.06. The molecule has 0 saturated heterocycles. The van der Waals surface area contributed by atoms with Gasteiger partial charge in [0.1, 0.15) is 16.9 Å². The number of nitrogens with one attached hydrogen (secondary N) is 2. The molecular formula is C13H11N3O4. The number of carboxylic acid groups (broad SMARTS) is 1. The highest BCUT2D eigenvalue weighted by Gasteiger charge is 2.16. The third-order valence-corrected chi connectivity index (χ3v) is 2.57. The van der Waals surface area contributed by atoms with E-state index in [2.05, 4.69) is 15.3 Å². The fourth-order valence-electron chi connectivity index (χ4n) is 1.60. The van der Waals surface area contributed by atoms with E-state index in [9.17, 15) is 14.4 Å². The molecule has 2 rings (SSSR count). The monoisotopic (exact) mass is 273 g/mol. The van der Waals surface area contributed by atoms with E-state index >= 15 is 0 Å². The molecule has 0 radical (unpaired) electrons. The molecule has 0 bridgehead atoms. The molecule has 2 aromatic rings. The van der Waals surface area contributed by atoms with Gasteiger partial charge in [-0.25, -0.2) is 9.78 Å². The number of hydrogen-bond donors (Lipinski definition) is 3. The van der Waals surface area contributed by atoms with Gasteiger partial charge < -0.3 is 15.4 Å². The number of aromatic nitrogens is 2. The molecule has 20 heavy (non-hydrogen) atoms. The fourth-order valence-corrected chi connectivity index (χ4v) is 1.60. The van der Waals surface area contributed by atoms with Crippen molar-refractivity contribution in [1.82, 2.24) is 9.97 Å². The van der Waals surface area contributed by atoms with Crippen molar-refractivity contribution >= 4 is 17.7 Å². The molecule has 0 fully saturated rings. The highest BCUT2D eigenvalue weighted by Crippen LogP contribution is 2.12. The van der Waals surface area contributed by atoms with Gasteiger partial charge in [-0.2, -0.15) is 0 Å². The van der Waals surface area contributed by atoms with Crippen molar-refractivity contribution in [2.45, 2.75) is 6.92 Å². The van der Waals surface area contributed by atoms with E-state index in [0.29, 0.717) is 5.69 Å². The average Bonchev–Trinajstić information content (AvgIpc) is 2.38. The molecule has 7 heteroatoms. The van der Waals surface area contributed by atoms with E-state index in [4.69, 9.17) is 5.11 Å². The second-order valence-corrected chi connectivity index (χ2v) is 4.05. The lowest BCUT2D eigenvalue weighted by molar-refractivity contribution is 0.0697. The molecule has 0 spiro atoms. The van der Waals surface area contributed by atoms with Gasteiger partial charge in [-0.1, -0.05) is 0 Å². The molecule has 0 aliphatic heterocycles. The predicted octanol–water partition coefficient (Wildman–Crippen LogP) is 1.03.